The van der Waals surface area contributed by atoms with E-state index in [0.717, 1.165) is 73.3 Å². The summed E-state index contributed by atoms with van der Waals surface area (Å²) < 4.78 is 14.4. The van der Waals surface area contributed by atoms with Crippen LogP contribution in [0.25, 0.3) is 5.65 Å². The Morgan fingerprint density at radius 1 is 1.10 bits per heavy atom. The summed E-state index contributed by atoms with van der Waals surface area (Å²) in [5, 5.41) is 8.31. The first kappa shape index (κ1) is 19.3. The molecule has 0 amide bonds. The van der Waals surface area contributed by atoms with Crippen LogP contribution in [0.3, 0.4) is 0 Å². The van der Waals surface area contributed by atoms with Gasteiger partial charge in [0.2, 0.25) is 0 Å². The van der Waals surface area contributed by atoms with Gasteiger partial charge in [-0.1, -0.05) is 0 Å². The zero-order valence-electron chi connectivity index (χ0n) is 17.1. The average Bonchev–Trinajstić information content (AvgIpc) is 3.28. The van der Waals surface area contributed by atoms with E-state index in [1.54, 1.807) is 6.20 Å². The summed E-state index contributed by atoms with van der Waals surface area (Å²) in [5.41, 5.74) is 2.87. The van der Waals surface area contributed by atoms with E-state index in [0.29, 0.717) is 18.5 Å². The second kappa shape index (κ2) is 7.94. The third kappa shape index (κ3) is 3.63. The zero-order valence-corrected chi connectivity index (χ0v) is 18.7. The lowest BCUT2D eigenvalue weighted by atomic mass is 10.1. The summed E-state index contributed by atoms with van der Waals surface area (Å²) in [6, 6.07) is 6.65. The molecule has 0 aliphatic carbocycles. The lowest BCUT2D eigenvalue weighted by molar-refractivity contribution is -0.0999. The quantitative estimate of drug-likeness (QED) is 0.606. The molecule has 1 aromatic carbocycles. The second-order valence-electron chi connectivity index (χ2n) is 8.01. The number of aromatic nitrogens is 3. The zero-order chi connectivity index (χ0) is 20.8. The van der Waals surface area contributed by atoms with Gasteiger partial charge in [-0.25, -0.2) is 20.0 Å². The number of benzene rings is 1. The van der Waals surface area contributed by atoms with Crippen molar-refractivity contribution < 1.29 is 9.47 Å². The van der Waals surface area contributed by atoms with Gasteiger partial charge in [0.05, 0.1) is 24.9 Å². The Labute approximate surface area is 188 Å². The molecule has 162 valence electrons. The molecule has 0 radical (unpaired) electrons. The highest BCUT2D eigenvalue weighted by molar-refractivity contribution is 9.10. The van der Waals surface area contributed by atoms with Gasteiger partial charge in [0.15, 0.2) is 11.5 Å². The van der Waals surface area contributed by atoms with Crippen LogP contribution < -0.4 is 15.0 Å². The lowest BCUT2D eigenvalue weighted by Crippen LogP contribution is -2.62. The number of imidazole rings is 1. The highest BCUT2D eigenvalue weighted by atomic mass is 79.9. The van der Waals surface area contributed by atoms with Crippen molar-refractivity contribution in [3.05, 3.63) is 41.4 Å². The van der Waals surface area contributed by atoms with E-state index in [-0.39, 0.29) is 0 Å². The number of halogens is 1. The number of hydrogen-bond acceptors (Lipinski definition) is 8. The molecular formula is C21H24BrN7O2. The first-order valence-corrected chi connectivity index (χ1v) is 11.4. The van der Waals surface area contributed by atoms with Crippen LogP contribution in [0.4, 0.5) is 17.2 Å². The molecule has 6 rings (SSSR count). The van der Waals surface area contributed by atoms with Crippen molar-refractivity contribution in [1.29, 1.82) is 0 Å². The van der Waals surface area contributed by atoms with Gasteiger partial charge >= 0.3 is 0 Å². The highest BCUT2D eigenvalue weighted by Gasteiger charge is 2.35. The van der Waals surface area contributed by atoms with Crippen molar-refractivity contribution in [2.75, 3.05) is 62.8 Å². The standard InChI is InChI=1S/C21H24BrN7O2/c22-19-13-26-4-3-23-21(26)20(25-19)24-15-1-2-17-18(11-15)31-14-16-12-28(5-6-29(16)17)27-7-9-30-10-8-27/h1-4,11,13,16H,5-10,12,14H2,(H,24,25)/t16-/m1/s1. The van der Waals surface area contributed by atoms with Gasteiger partial charge < -0.3 is 24.1 Å². The Kier molecular flexibility index (Phi) is 4.94. The average molecular weight is 486 g/mol. The summed E-state index contributed by atoms with van der Waals surface area (Å²) in [7, 11) is 0. The number of hydrazine groups is 1. The van der Waals surface area contributed by atoms with E-state index < -0.39 is 0 Å². The van der Waals surface area contributed by atoms with Gasteiger partial charge in [0.25, 0.3) is 0 Å². The number of fused-ring (bicyclic) bond motifs is 4. The number of hydrogen-bond donors (Lipinski definition) is 1. The molecule has 3 aliphatic heterocycles. The molecule has 3 aromatic rings. The molecule has 2 fully saturated rings. The van der Waals surface area contributed by atoms with E-state index in [4.69, 9.17) is 9.47 Å². The van der Waals surface area contributed by atoms with Crippen LogP contribution in [-0.2, 0) is 4.74 Å². The minimum atomic E-state index is 0.360. The van der Waals surface area contributed by atoms with Crippen molar-refractivity contribution in [3.63, 3.8) is 0 Å². The molecule has 9 nitrogen and oxygen atoms in total. The minimum absolute atomic E-state index is 0.360. The summed E-state index contributed by atoms with van der Waals surface area (Å²) in [6.07, 6.45) is 5.56. The van der Waals surface area contributed by atoms with Crippen LogP contribution in [0.5, 0.6) is 5.75 Å². The summed E-state index contributed by atoms with van der Waals surface area (Å²) >= 11 is 3.47. The van der Waals surface area contributed by atoms with Gasteiger partial charge in [0.1, 0.15) is 17.0 Å². The Balaban J connectivity index is 1.21. The SMILES string of the molecule is Brc1cn2ccnc2c(Nc2ccc3c(c2)OC[C@H]2CN(N4CCOCC4)CCN32)n1. The number of morpholine rings is 1. The topological polar surface area (TPSA) is 70.4 Å². The molecule has 2 saturated heterocycles. The fourth-order valence-electron chi connectivity index (χ4n) is 4.64. The number of nitrogens with zero attached hydrogens (tertiary/aromatic N) is 6. The molecule has 2 aromatic heterocycles. The monoisotopic (exact) mass is 485 g/mol. The molecule has 10 heteroatoms. The normalized spacial score (nSPS) is 22.1. The van der Waals surface area contributed by atoms with Crippen molar-refractivity contribution >= 4 is 38.8 Å². The third-order valence-electron chi connectivity index (χ3n) is 6.16. The van der Waals surface area contributed by atoms with Gasteiger partial charge in [-0.05, 0) is 28.1 Å². The van der Waals surface area contributed by atoms with Crippen molar-refractivity contribution in [3.8, 4) is 5.75 Å². The van der Waals surface area contributed by atoms with Crippen molar-refractivity contribution in [2.45, 2.75) is 6.04 Å². The Morgan fingerprint density at radius 3 is 2.90 bits per heavy atom. The third-order valence-corrected chi connectivity index (χ3v) is 6.54. The molecule has 31 heavy (non-hydrogen) atoms. The summed E-state index contributed by atoms with van der Waals surface area (Å²) in [6.45, 7) is 7.29. The van der Waals surface area contributed by atoms with Crippen LogP contribution in [0, 0.1) is 0 Å². The number of rotatable bonds is 3. The van der Waals surface area contributed by atoms with Crippen molar-refractivity contribution in [2.24, 2.45) is 0 Å². The maximum absolute atomic E-state index is 6.20. The molecule has 0 bridgehead atoms. The fraction of sp³-hybridized carbons (Fsp3) is 0.429. The predicted molar refractivity (Wildman–Crippen MR) is 121 cm³/mol. The first-order valence-electron chi connectivity index (χ1n) is 10.6. The summed E-state index contributed by atoms with van der Waals surface area (Å²) in [5.74, 6) is 1.61. The highest BCUT2D eigenvalue weighted by Crippen LogP contribution is 2.38. The minimum Gasteiger partial charge on any atom is -0.489 e. The number of piperazine rings is 1. The molecular weight excluding hydrogens is 462 g/mol. The molecule has 0 unspecified atom stereocenters. The van der Waals surface area contributed by atoms with Crippen LogP contribution >= 0.6 is 15.9 Å². The number of ether oxygens (including phenoxy) is 2. The maximum Gasteiger partial charge on any atom is 0.180 e. The van der Waals surface area contributed by atoms with E-state index in [1.165, 1.54) is 0 Å². The predicted octanol–water partition coefficient (Wildman–Crippen LogP) is 2.37. The van der Waals surface area contributed by atoms with Crippen LogP contribution in [0.15, 0.2) is 41.4 Å². The van der Waals surface area contributed by atoms with E-state index in [9.17, 15) is 0 Å². The number of anilines is 3. The molecule has 1 atom stereocenters. The summed E-state index contributed by atoms with van der Waals surface area (Å²) in [4.78, 5) is 11.4. The Hall–Kier alpha value is -2.40. The molecule has 3 aliphatic rings. The second-order valence-corrected chi connectivity index (χ2v) is 8.83. The lowest BCUT2D eigenvalue weighted by Gasteiger charge is -2.49. The molecule has 0 spiro atoms. The fourth-order valence-corrected chi connectivity index (χ4v) is 5.04. The molecule has 5 heterocycles. The van der Waals surface area contributed by atoms with E-state index in [2.05, 4.69) is 64.3 Å². The smallest absolute Gasteiger partial charge is 0.180 e. The van der Waals surface area contributed by atoms with E-state index >= 15 is 0 Å². The largest absolute Gasteiger partial charge is 0.489 e. The Bertz CT molecular complexity index is 1100. The number of nitrogens with one attached hydrogen (secondary N) is 1. The molecule has 1 N–H and O–H groups in total. The van der Waals surface area contributed by atoms with Crippen LogP contribution in [-0.4, -0.2) is 83.0 Å². The maximum atomic E-state index is 6.20. The van der Waals surface area contributed by atoms with Crippen LogP contribution in [0.1, 0.15) is 0 Å². The van der Waals surface area contributed by atoms with E-state index in [1.807, 2.05) is 16.8 Å². The van der Waals surface area contributed by atoms with Gasteiger partial charge in [-0.3, -0.25) is 0 Å². The van der Waals surface area contributed by atoms with Gasteiger partial charge in [-0.15, -0.1) is 0 Å². The van der Waals surface area contributed by atoms with Crippen molar-refractivity contribution in [1.82, 2.24) is 24.4 Å². The Morgan fingerprint density at radius 2 is 2.00 bits per heavy atom. The van der Waals surface area contributed by atoms with Gasteiger partial charge in [0, 0.05) is 63.1 Å². The molecule has 0 saturated carbocycles. The first-order chi connectivity index (χ1) is 15.2. The van der Waals surface area contributed by atoms with Crippen LogP contribution in [0.2, 0.25) is 0 Å². The van der Waals surface area contributed by atoms with Gasteiger partial charge in [-0.2, -0.15) is 0 Å².